The number of carbonyl (C=O) groups is 2. The van der Waals surface area contributed by atoms with Crippen molar-refractivity contribution in [2.45, 2.75) is 32.2 Å². The van der Waals surface area contributed by atoms with Gasteiger partial charge in [0.1, 0.15) is 12.4 Å². The molecule has 2 amide bonds. The zero-order valence-corrected chi connectivity index (χ0v) is 15.1. The number of hydrogen-bond acceptors (Lipinski definition) is 3. The standard InChI is InChI=1S/C20H19F3N2O3/c1-13(26)24-16-10-19(27)25(11-16)17-6-8-18(9-7-17)28-12-14-2-4-15(5-3-14)20(21,22)23/h2-9,16H,10-12H2,1H3,(H,24,26)/t16-/m0/s1. The van der Waals surface area contributed by atoms with Crippen molar-refractivity contribution in [3.05, 3.63) is 59.7 Å². The number of benzene rings is 2. The Balaban J connectivity index is 1.57. The van der Waals surface area contributed by atoms with Gasteiger partial charge in [-0.1, -0.05) is 12.1 Å². The smallest absolute Gasteiger partial charge is 0.416 e. The quantitative estimate of drug-likeness (QED) is 0.847. The van der Waals surface area contributed by atoms with E-state index in [0.717, 1.165) is 12.1 Å². The van der Waals surface area contributed by atoms with E-state index in [4.69, 9.17) is 4.74 Å². The molecule has 0 radical (unpaired) electrons. The van der Waals surface area contributed by atoms with Crippen LogP contribution in [0.5, 0.6) is 5.75 Å². The first-order valence-electron chi connectivity index (χ1n) is 8.69. The summed E-state index contributed by atoms with van der Waals surface area (Å²) in [5, 5.41) is 2.74. The van der Waals surface area contributed by atoms with Gasteiger partial charge in [-0.25, -0.2) is 0 Å². The molecule has 3 rings (SSSR count). The van der Waals surface area contributed by atoms with Gasteiger partial charge < -0.3 is 15.0 Å². The number of anilines is 1. The van der Waals surface area contributed by atoms with Crippen molar-refractivity contribution < 1.29 is 27.5 Å². The molecular weight excluding hydrogens is 373 g/mol. The van der Waals surface area contributed by atoms with Crippen LogP contribution in [0.3, 0.4) is 0 Å². The van der Waals surface area contributed by atoms with Gasteiger partial charge in [0.2, 0.25) is 11.8 Å². The lowest BCUT2D eigenvalue weighted by Gasteiger charge is -2.17. The summed E-state index contributed by atoms with van der Waals surface area (Å²) in [6.45, 7) is 1.95. The zero-order valence-electron chi connectivity index (χ0n) is 15.1. The average Bonchev–Trinajstić information content (AvgIpc) is 2.99. The summed E-state index contributed by atoms with van der Waals surface area (Å²) >= 11 is 0. The summed E-state index contributed by atoms with van der Waals surface area (Å²) in [5.74, 6) is 0.289. The number of hydrogen-bond donors (Lipinski definition) is 1. The fraction of sp³-hybridized carbons (Fsp3) is 0.300. The van der Waals surface area contributed by atoms with Crippen LogP contribution >= 0.6 is 0 Å². The predicted molar refractivity (Wildman–Crippen MR) is 96.8 cm³/mol. The Morgan fingerprint density at radius 3 is 2.36 bits per heavy atom. The van der Waals surface area contributed by atoms with Crippen molar-refractivity contribution in [1.82, 2.24) is 5.32 Å². The lowest BCUT2D eigenvalue weighted by atomic mass is 10.1. The fourth-order valence-electron chi connectivity index (χ4n) is 3.02. The second kappa shape index (κ2) is 7.92. The van der Waals surface area contributed by atoms with E-state index >= 15 is 0 Å². The molecule has 8 heteroatoms. The van der Waals surface area contributed by atoms with Gasteiger partial charge in [-0.15, -0.1) is 0 Å². The molecular formula is C20H19F3N2O3. The largest absolute Gasteiger partial charge is 0.489 e. The number of carbonyl (C=O) groups excluding carboxylic acids is 2. The molecule has 5 nitrogen and oxygen atoms in total. The van der Waals surface area contributed by atoms with Gasteiger partial charge in [-0.3, -0.25) is 9.59 Å². The summed E-state index contributed by atoms with van der Waals surface area (Å²) in [4.78, 5) is 24.9. The van der Waals surface area contributed by atoms with Crippen LogP contribution in [0.2, 0.25) is 0 Å². The van der Waals surface area contributed by atoms with Gasteiger partial charge in [-0.2, -0.15) is 13.2 Å². The number of nitrogens with zero attached hydrogens (tertiary/aromatic N) is 1. The molecule has 0 spiro atoms. The minimum Gasteiger partial charge on any atom is -0.489 e. The van der Waals surface area contributed by atoms with Crippen LogP contribution in [0.25, 0.3) is 0 Å². The molecule has 0 bridgehead atoms. The Bertz CT molecular complexity index is 848. The van der Waals surface area contributed by atoms with E-state index in [-0.39, 0.29) is 30.9 Å². The fourth-order valence-corrected chi connectivity index (χ4v) is 3.02. The Hall–Kier alpha value is -3.03. The van der Waals surface area contributed by atoms with Gasteiger partial charge in [0.15, 0.2) is 0 Å². The lowest BCUT2D eigenvalue weighted by Crippen LogP contribution is -2.35. The molecule has 0 aromatic heterocycles. The molecule has 1 aliphatic rings. The third-order valence-electron chi connectivity index (χ3n) is 4.37. The monoisotopic (exact) mass is 392 g/mol. The predicted octanol–water partition coefficient (Wildman–Crippen LogP) is 3.53. The van der Waals surface area contributed by atoms with Gasteiger partial charge in [0, 0.05) is 25.6 Å². The normalized spacial score (nSPS) is 16.9. The minimum atomic E-state index is -4.36. The van der Waals surface area contributed by atoms with Crippen molar-refractivity contribution in [2.75, 3.05) is 11.4 Å². The highest BCUT2D eigenvalue weighted by Gasteiger charge is 2.31. The maximum Gasteiger partial charge on any atom is 0.416 e. The second-order valence-corrected chi connectivity index (χ2v) is 6.58. The molecule has 1 atom stereocenters. The van der Waals surface area contributed by atoms with Crippen LogP contribution in [0.1, 0.15) is 24.5 Å². The van der Waals surface area contributed by atoms with E-state index in [0.29, 0.717) is 23.5 Å². The number of halogens is 3. The van der Waals surface area contributed by atoms with Crippen LogP contribution in [0, 0.1) is 0 Å². The van der Waals surface area contributed by atoms with E-state index in [1.807, 2.05) is 0 Å². The van der Waals surface area contributed by atoms with Crippen molar-refractivity contribution in [3.63, 3.8) is 0 Å². The summed E-state index contributed by atoms with van der Waals surface area (Å²) in [6, 6.07) is 11.4. The second-order valence-electron chi connectivity index (χ2n) is 6.58. The van der Waals surface area contributed by atoms with E-state index < -0.39 is 11.7 Å². The van der Waals surface area contributed by atoms with Crippen LogP contribution in [0.15, 0.2) is 48.5 Å². The molecule has 1 N–H and O–H groups in total. The minimum absolute atomic E-state index is 0.0721. The summed E-state index contributed by atoms with van der Waals surface area (Å²) in [6.07, 6.45) is -4.10. The summed E-state index contributed by atoms with van der Waals surface area (Å²) < 4.78 is 43.3. The van der Waals surface area contributed by atoms with Gasteiger partial charge in [0.05, 0.1) is 11.6 Å². The van der Waals surface area contributed by atoms with Crippen LogP contribution in [-0.2, 0) is 22.4 Å². The van der Waals surface area contributed by atoms with E-state index in [1.54, 1.807) is 29.2 Å². The van der Waals surface area contributed by atoms with Crippen molar-refractivity contribution >= 4 is 17.5 Å². The number of ether oxygens (including phenoxy) is 1. The third-order valence-corrected chi connectivity index (χ3v) is 4.37. The third kappa shape index (κ3) is 4.82. The highest BCUT2D eigenvalue weighted by atomic mass is 19.4. The van der Waals surface area contributed by atoms with Crippen LogP contribution in [0.4, 0.5) is 18.9 Å². The molecule has 0 aliphatic carbocycles. The Morgan fingerprint density at radius 2 is 1.79 bits per heavy atom. The maximum atomic E-state index is 12.6. The van der Waals surface area contributed by atoms with Crippen molar-refractivity contribution in [1.29, 1.82) is 0 Å². The van der Waals surface area contributed by atoms with Crippen molar-refractivity contribution in [3.8, 4) is 5.75 Å². The summed E-state index contributed by atoms with van der Waals surface area (Å²) in [7, 11) is 0. The van der Waals surface area contributed by atoms with Gasteiger partial charge in [-0.05, 0) is 42.0 Å². The topological polar surface area (TPSA) is 58.6 Å². The van der Waals surface area contributed by atoms with Gasteiger partial charge in [0.25, 0.3) is 0 Å². The molecule has 148 valence electrons. The van der Waals surface area contributed by atoms with E-state index in [1.165, 1.54) is 19.1 Å². The molecule has 1 heterocycles. The molecule has 28 heavy (non-hydrogen) atoms. The first-order valence-corrected chi connectivity index (χ1v) is 8.69. The van der Waals surface area contributed by atoms with Crippen molar-refractivity contribution in [2.24, 2.45) is 0 Å². The van der Waals surface area contributed by atoms with E-state index in [9.17, 15) is 22.8 Å². The first-order chi connectivity index (χ1) is 13.2. The lowest BCUT2D eigenvalue weighted by molar-refractivity contribution is -0.137. The molecule has 2 aromatic carbocycles. The zero-order chi connectivity index (χ0) is 20.3. The maximum absolute atomic E-state index is 12.6. The van der Waals surface area contributed by atoms with Gasteiger partial charge >= 0.3 is 6.18 Å². The molecule has 0 saturated carbocycles. The molecule has 1 saturated heterocycles. The average molecular weight is 392 g/mol. The highest BCUT2D eigenvalue weighted by molar-refractivity contribution is 5.96. The Labute approximate surface area is 160 Å². The van der Waals surface area contributed by atoms with Crippen LogP contribution < -0.4 is 15.0 Å². The number of amides is 2. The van der Waals surface area contributed by atoms with Crippen LogP contribution in [-0.4, -0.2) is 24.4 Å². The first kappa shape index (κ1) is 19.7. The SMILES string of the molecule is CC(=O)N[C@H]1CC(=O)N(c2ccc(OCc3ccc(C(F)(F)F)cc3)cc2)C1. The molecule has 2 aromatic rings. The summed E-state index contributed by atoms with van der Waals surface area (Å²) in [5.41, 5.74) is 0.609. The Kier molecular flexibility index (Phi) is 5.58. The number of rotatable bonds is 5. The number of nitrogens with one attached hydrogen (secondary N) is 1. The number of alkyl halides is 3. The molecule has 1 aliphatic heterocycles. The van der Waals surface area contributed by atoms with E-state index in [2.05, 4.69) is 5.32 Å². The Morgan fingerprint density at radius 1 is 1.14 bits per heavy atom. The highest BCUT2D eigenvalue weighted by Crippen LogP contribution is 2.29. The molecule has 1 fully saturated rings. The molecule has 0 unspecified atom stereocenters.